The first-order valence-corrected chi connectivity index (χ1v) is 15.4. The SMILES string of the molecule is CO[C@H]1C(=O)[C@@]2(C)[C@H]([C@H](C)[C@]3(O)C[C@H](OC(=O)[C@H](O)[C@@H](N[B]C=O)c4ccccc4)C(C)=C1C3(C)C)[C@]1(C)CO[C@@H]1C[C@@H]2O. The minimum atomic E-state index is -1.69. The topological polar surface area (TPSA) is 152 Å². The average molecular weight is 611 g/mol. The van der Waals surface area contributed by atoms with Crippen molar-refractivity contribution in [3.8, 4) is 0 Å². The fourth-order valence-corrected chi connectivity index (χ4v) is 9.28. The van der Waals surface area contributed by atoms with E-state index in [9.17, 15) is 29.7 Å². The standard InChI is InChI=1S/C33H45BNO9/c1-17-20(44-29(40)25(38)24(35-34-16-36)19-11-9-8-10-12-19)14-33(41)18(2)27-31(5)15-43-22(31)13-21(37)32(27,6)28(39)26(42-7)23(17)30(33,3)4/h8-12,16,18,20-22,24-27,35,37-38,41H,13-15H2,1-7H3/t18-,20-,21-,22+,24-,25+,26+,27+,31+,32+,33+/m0/s1. The number of aliphatic hydroxyl groups is 3. The van der Waals surface area contributed by atoms with Crippen molar-refractivity contribution in [1.82, 2.24) is 5.23 Å². The van der Waals surface area contributed by atoms with Crippen molar-refractivity contribution in [2.75, 3.05) is 13.7 Å². The molecular formula is C33H45BNO9. The zero-order valence-corrected chi connectivity index (χ0v) is 26.6. The molecule has 0 spiro atoms. The highest BCUT2D eigenvalue weighted by Crippen LogP contribution is 2.67. The molecule has 3 aliphatic carbocycles. The number of carbonyl (C=O) groups excluding carboxylic acids is 3. The second kappa shape index (κ2) is 11.4. The molecular weight excluding hydrogens is 565 g/mol. The summed E-state index contributed by atoms with van der Waals surface area (Å²) >= 11 is 0. The number of Topliss-reactive ketones (excluding diaryl/α,β-unsaturated/α-hetero) is 1. The monoisotopic (exact) mass is 610 g/mol. The fraction of sp³-hybridized carbons (Fsp3) is 0.667. The van der Waals surface area contributed by atoms with Crippen LogP contribution < -0.4 is 5.23 Å². The van der Waals surface area contributed by atoms with Gasteiger partial charge in [-0.25, -0.2) is 4.79 Å². The Kier molecular flexibility index (Phi) is 8.57. The van der Waals surface area contributed by atoms with Crippen LogP contribution in [0.4, 0.5) is 0 Å². The molecule has 2 bridgehead atoms. The molecule has 239 valence electrons. The first kappa shape index (κ1) is 33.0. The van der Waals surface area contributed by atoms with Crippen LogP contribution in [0, 0.1) is 28.1 Å². The van der Waals surface area contributed by atoms with E-state index in [1.807, 2.05) is 20.8 Å². The quantitative estimate of drug-likeness (QED) is 0.149. The largest absolute Gasteiger partial charge is 0.456 e. The van der Waals surface area contributed by atoms with E-state index in [-0.39, 0.29) is 18.3 Å². The lowest BCUT2D eigenvalue weighted by Gasteiger charge is -2.68. The summed E-state index contributed by atoms with van der Waals surface area (Å²) in [6, 6.07) is 7.76. The highest BCUT2D eigenvalue weighted by Gasteiger charge is 2.73. The van der Waals surface area contributed by atoms with Crippen molar-refractivity contribution in [1.29, 1.82) is 0 Å². The van der Waals surface area contributed by atoms with Crippen LogP contribution in [0.15, 0.2) is 41.5 Å². The van der Waals surface area contributed by atoms with Crippen molar-refractivity contribution in [3.05, 3.63) is 47.0 Å². The first-order chi connectivity index (χ1) is 20.6. The van der Waals surface area contributed by atoms with Gasteiger partial charge in [-0.2, -0.15) is 0 Å². The summed E-state index contributed by atoms with van der Waals surface area (Å²) in [5.74, 6) is -2.23. The van der Waals surface area contributed by atoms with E-state index in [1.165, 1.54) is 7.11 Å². The van der Waals surface area contributed by atoms with E-state index in [4.69, 9.17) is 14.2 Å². The molecule has 11 atom stereocenters. The van der Waals surface area contributed by atoms with Crippen LogP contribution in [-0.2, 0) is 28.6 Å². The number of fused-ring (bicyclic) bond motifs is 5. The van der Waals surface area contributed by atoms with Crippen LogP contribution in [0.5, 0.6) is 0 Å². The molecule has 1 radical (unpaired) electrons. The summed E-state index contributed by atoms with van der Waals surface area (Å²) in [5.41, 5.74) is -2.57. The number of benzene rings is 1. The Morgan fingerprint density at radius 3 is 2.43 bits per heavy atom. The van der Waals surface area contributed by atoms with Gasteiger partial charge in [0.15, 0.2) is 11.9 Å². The van der Waals surface area contributed by atoms with Gasteiger partial charge in [-0.1, -0.05) is 58.0 Å². The smallest absolute Gasteiger partial charge is 0.337 e. The predicted octanol–water partition coefficient (Wildman–Crippen LogP) is 1.90. The molecule has 44 heavy (non-hydrogen) atoms. The van der Waals surface area contributed by atoms with Crippen molar-refractivity contribution in [2.45, 2.75) is 96.5 Å². The second-order valence-electron chi connectivity index (χ2n) is 14.2. The van der Waals surface area contributed by atoms with Gasteiger partial charge in [-0.05, 0) is 42.4 Å². The van der Waals surface area contributed by atoms with Gasteiger partial charge in [-0.3, -0.25) is 4.79 Å². The lowest BCUT2D eigenvalue weighted by atomic mass is 9.40. The van der Waals surface area contributed by atoms with Crippen LogP contribution in [0.3, 0.4) is 0 Å². The molecule has 11 heteroatoms. The van der Waals surface area contributed by atoms with Crippen LogP contribution in [0.1, 0.15) is 66.0 Å². The van der Waals surface area contributed by atoms with Crippen LogP contribution >= 0.6 is 0 Å². The molecule has 1 saturated heterocycles. The van der Waals surface area contributed by atoms with E-state index in [0.29, 0.717) is 35.9 Å². The van der Waals surface area contributed by atoms with Gasteiger partial charge in [0.05, 0.1) is 42.1 Å². The van der Waals surface area contributed by atoms with E-state index in [2.05, 4.69) is 12.2 Å². The van der Waals surface area contributed by atoms with Gasteiger partial charge in [-0.15, -0.1) is 0 Å². The number of esters is 1. The van der Waals surface area contributed by atoms with Crippen LogP contribution in [0.25, 0.3) is 0 Å². The zero-order chi connectivity index (χ0) is 32.4. The molecule has 0 amide bonds. The fourth-order valence-electron chi connectivity index (χ4n) is 9.28. The number of methoxy groups -OCH3 is 1. The third-order valence-corrected chi connectivity index (χ3v) is 11.8. The van der Waals surface area contributed by atoms with E-state index >= 15 is 0 Å². The van der Waals surface area contributed by atoms with E-state index in [1.54, 1.807) is 44.2 Å². The molecule has 1 heterocycles. The van der Waals surface area contributed by atoms with Crippen molar-refractivity contribution < 1.29 is 43.9 Å². The molecule has 4 N–H and O–H groups in total. The maximum absolute atomic E-state index is 14.7. The Hall–Kier alpha value is -2.41. The van der Waals surface area contributed by atoms with Crippen molar-refractivity contribution in [3.63, 3.8) is 0 Å². The summed E-state index contributed by atoms with van der Waals surface area (Å²) in [6.45, 7) is 11.7. The minimum absolute atomic E-state index is 0.00770. The number of ketones is 1. The number of carbonyl (C=O) groups is 3. The Morgan fingerprint density at radius 1 is 1.20 bits per heavy atom. The highest BCUT2D eigenvalue weighted by molar-refractivity contribution is 6.64. The highest BCUT2D eigenvalue weighted by atomic mass is 16.6. The molecule has 5 rings (SSSR count). The molecule has 0 aromatic heterocycles. The Balaban J connectivity index is 1.58. The molecule has 10 nitrogen and oxygen atoms in total. The molecule has 2 saturated carbocycles. The third kappa shape index (κ3) is 4.57. The van der Waals surface area contributed by atoms with E-state index < -0.39 is 70.1 Å². The number of hydrogen-bond acceptors (Lipinski definition) is 10. The van der Waals surface area contributed by atoms with Gasteiger partial charge < -0.3 is 39.6 Å². The van der Waals surface area contributed by atoms with Crippen LogP contribution in [-0.4, -0.2) is 90.5 Å². The average Bonchev–Trinajstić information content (AvgIpc) is 2.99. The molecule has 1 aliphatic heterocycles. The summed E-state index contributed by atoms with van der Waals surface area (Å²) in [7, 11) is 2.54. The number of rotatable bonds is 8. The minimum Gasteiger partial charge on any atom is -0.456 e. The number of ether oxygens (including phenoxy) is 3. The molecule has 4 aliphatic rings. The first-order valence-electron chi connectivity index (χ1n) is 15.4. The van der Waals surface area contributed by atoms with Crippen molar-refractivity contribution in [2.24, 2.45) is 28.1 Å². The maximum atomic E-state index is 14.7. The lowest BCUT2D eigenvalue weighted by Crippen LogP contribution is -2.75. The Bertz CT molecular complexity index is 1340. The summed E-state index contributed by atoms with van der Waals surface area (Å²) < 4.78 is 17.8. The molecule has 3 fully saturated rings. The summed E-state index contributed by atoms with van der Waals surface area (Å²) in [4.78, 5) is 39.3. The zero-order valence-electron chi connectivity index (χ0n) is 26.6. The number of nitrogens with one attached hydrogen (secondary N) is 1. The van der Waals surface area contributed by atoms with Crippen molar-refractivity contribution >= 4 is 25.4 Å². The molecule has 1 aromatic carbocycles. The normalized spacial score (nSPS) is 40.7. The van der Waals surface area contributed by atoms with Gasteiger partial charge in [0.25, 0.3) is 7.41 Å². The summed E-state index contributed by atoms with van der Waals surface area (Å²) in [6.07, 6.45) is -4.20. The predicted molar refractivity (Wildman–Crippen MR) is 162 cm³/mol. The maximum Gasteiger partial charge on any atom is 0.337 e. The molecule has 1 aromatic rings. The Morgan fingerprint density at radius 2 is 1.86 bits per heavy atom. The van der Waals surface area contributed by atoms with Gasteiger partial charge in [0.2, 0.25) is 0 Å². The van der Waals surface area contributed by atoms with Gasteiger partial charge >= 0.3 is 5.97 Å². The van der Waals surface area contributed by atoms with Crippen LogP contribution in [0.2, 0.25) is 0 Å². The second-order valence-corrected chi connectivity index (χ2v) is 14.2. The van der Waals surface area contributed by atoms with E-state index in [0.717, 1.165) is 7.41 Å². The number of aliphatic hydroxyl groups excluding tert-OH is 2. The number of hydrogen-bond donors (Lipinski definition) is 4. The Labute approximate surface area is 259 Å². The summed E-state index contributed by atoms with van der Waals surface area (Å²) in [5, 5.41) is 38.4. The van der Waals surface area contributed by atoms with Gasteiger partial charge in [0, 0.05) is 30.8 Å². The lowest BCUT2D eigenvalue weighted by molar-refractivity contribution is -0.302. The third-order valence-electron chi connectivity index (χ3n) is 11.8. The molecule has 0 unspecified atom stereocenters. The van der Waals surface area contributed by atoms with Gasteiger partial charge in [0.1, 0.15) is 12.2 Å².